The second-order valence-electron chi connectivity index (χ2n) is 8.90. The molecule has 0 radical (unpaired) electrons. The van der Waals surface area contributed by atoms with Crippen LogP contribution >= 0.6 is 0 Å². The minimum atomic E-state index is -0.413. The van der Waals surface area contributed by atoms with E-state index in [2.05, 4.69) is 40.7 Å². The largest absolute Gasteiger partial charge is 0.390 e. The van der Waals surface area contributed by atoms with E-state index in [9.17, 15) is 5.11 Å². The van der Waals surface area contributed by atoms with Crippen LogP contribution in [-0.4, -0.2) is 34.1 Å². The maximum Gasteiger partial charge on any atom is 0.0924 e. The Kier molecular flexibility index (Phi) is 4.44. The topological polar surface area (TPSA) is 42.0 Å². The number of hydrogen-bond acceptors (Lipinski definition) is 3. The molecule has 3 rings (SSSR count). The molecule has 5 atom stereocenters. The molecule has 0 spiro atoms. The highest BCUT2D eigenvalue weighted by atomic mass is 16.6. The summed E-state index contributed by atoms with van der Waals surface area (Å²) in [6.07, 6.45) is 9.09. The van der Waals surface area contributed by atoms with Crippen molar-refractivity contribution in [1.29, 1.82) is 0 Å². The van der Waals surface area contributed by atoms with E-state index in [0.29, 0.717) is 12.0 Å². The predicted molar refractivity (Wildman–Crippen MR) is 92.4 cm³/mol. The highest BCUT2D eigenvalue weighted by Crippen LogP contribution is 2.53. The fourth-order valence-electron chi connectivity index (χ4n) is 4.51. The minimum Gasteiger partial charge on any atom is -0.390 e. The Balaban J connectivity index is 1.85. The Morgan fingerprint density at radius 1 is 1.17 bits per heavy atom. The number of rotatable bonds is 1. The Bertz CT molecular complexity index is 485. The van der Waals surface area contributed by atoms with Crippen LogP contribution in [0.4, 0.5) is 0 Å². The summed E-state index contributed by atoms with van der Waals surface area (Å²) in [6, 6.07) is 0. The number of aliphatic hydroxyl groups is 1. The van der Waals surface area contributed by atoms with Gasteiger partial charge < -0.3 is 14.6 Å². The lowest BCUT2D eigenvalue weighted by molar-refractivity contribution is -0.167. The fourth-order valence-corrected chi connectivity index (χ4v) is 4.51. The van der Waals surface area contributed by atoms with Gasteiger partial charge in [0.1, 0.15) is 0 Å². The summed E-state index contributed by atoms with van der Waals surface area (Å²) >= 11 is 0. The van der Waals surface area contributed by atoms with Gasteiger partial charge in [-0.1, -0.05) is 25.5 Å². The molecule has 0 amide bonds. The van der Waals surface area contributed by atoms with Gasteiger partial charge in [-0.3, -0.25) is 0 Å². The molecule has 0 aromatic heterocycles. The summed E-state index contributed by atoms with van der Waals surface area (Å²) < 4.78 is 12.8. The van der Waals surface area contributed by atoms with Crippen LogP contribution < -0.4 is 0 Å². The Morgan fingerprint density at radius 3 is 2.61 bits per heavy atom. The first-order valence-corrected chi connectivity index (χ1v) is 9.41. The standard InChI is InChI=1S/C20H34O3/c1-14(2)20-12-11-18(4,23-20)16(21)9-8-15(3)7-6-10-19(5)17(13-20)22-19/h7,14,16-17,21H,6,8-13H2,1-5H3/b15-7-/t16-,17+,18+,19-,20+/m0/s1. The number of allylic oxidation sites excluding steroid dienone is 2. The molecule has 1 N–H and O–H groups in total. The minimum absolute atomic E-state index is 0.0215. The van der Waals surface area contributed by atoms with Gasteiger partial charge in [0.25, 0.3) is 0 Å². The molecule has 2 fully saturated rings. The van der Waals surface area contributed by atoms with E-state index < -0.39 is 11.7 Å². The van der Waals surface area contributed by atoms with Crippen molar-refractivity contribution < 1.29 is 14.6 Å². The predicted octanol–water partition coefficient (Wildman–Crippen LogP) is 4.38. The average Bonchev–Trinajstić information content (AvgIpc) is 2.94. The molecule has 2 bridgehead atoms. The van der Waals surface area contributed by atoms with Crippen molar-refractivity contribution in [3.8, 4) is 0 Å². The SMILES string of the molecule is C/C1=C/CC[C@]2(C)O[C@@H]2C[C@@]2(C(C)C)CC[C@@](C)(O2)[C@@H](O)CC1. The Labute approximate surface area is 141 Å². The molecule has 0 saturated carbocycles. The molecular weight excluding hydrogens is 288 g/mol. The summed E-state index contributed by atoms with van der Waals surface area (Å²) in [5.41, 5.74) is 0.840. The molecule has 3 aliphatic rings. The van der Waals surface area contributed by atoms with Crippen LogP contribution in [0.25, 0.3) is 0 Å². The first-order chi connectivity index (χ1) is 10.7. The number of aliphatic hydroxyl groups excluding tert-OH is 1. The Hall–Kier alpha value is -0.380. The molecule has 3 heteroatoms. The molecule has 0 aromatic rings. The zero-order valence-corrected chi connectivity index (χ0v) is 15.5. The zero-order valence-electron chi connectivity index (χ0n) is 15.5. The third kappa shape index (κ3) is 3.25. The normalized spacial score (nSPS) is 50.3. The van der Waals surface area contributed by atoms with E-state index in [1.165, 1.54) is 5.57 Å². The smallest absolute Gasteiger partial charge is 0.0924 e. The molecule has 0 aliphatic carbocycles. The van der Waals surface area contributed by atoms with Gasteiger partial charge in [0.15, 0.2) is 0 Å². The molecule has 132 valence electrons. The lowest BCUT2D eigenvalue weighted by Crippen LogP contribution is -2.45. The maximum atomic E-state index is 10.8. The molecule has 0 aromatic carbocycles. The van der Waals surface area contributed by atoms with Crippen LogP contribution in [0.3, 0.4) is 0 Å². The first kappa shape index (κ1) is 17.4. The molecular formula is C20H34O3. The van der Waals surface area contributed by atoms with Crippen LogP contribution in [0.15, 0.2) is 11.6 Å². The van der Waals surface area contributed by atoms with Crippen LogP contribution in [-0.2, 0) is 9.47 Å². The molecule has 23 heavy (non-hydrogen) atoms. The first-order valence-electron chi connectivity index (χ1n) is 9.41. The van der Waals surface area contributed by atoms with E-state index in [-0.39, 0.29) is 11.2 Å². The van der Waals surface area contributed by atoms with Gasteiger partial charge in [-0.25, -0.2) is 0 Å². The molecule has 3 nitrogen and oxygen atoms in total. The molecule has 3 aliphatic heterocycles. The van der Waals surface area contributed by atoms with Crippen molar-refractivity contribution in [1.82, 2.24) is 0 Å². The van der Waals surface area contributed by atoms with Gasteiger partial charge >= 0.3 is 0 Å². The lowest BCUT2D eigenvalue weighted by Gasteiger charge is -2.38. The highest BCUT2D eigenvalue weighted by molar-refractivity contribution is 5.10. The Morgan fingerprint density at radius 2 is 1.91 bits per heavy atom. The summed E-state index contributed by atoms with van der Waals surface area (Å²) in [5.74, 6) is 0.440. The van der Waals surface area contributed by atoms with Gasteiger partial charge in [-0.05, 0) is 65.2 Å². The van der Waals surface area contributed by atoms with Crippen LogP contribution in [0, 0.1) is 5.92 Å². The summed E-state index contributed by atoms with van der Waals surface area (Å²) in [4.78, 5) is 0. The zero-order chi connectivity index (χ0) is 16.9. The van der Waals surface area contributed by atoms with Gasteiger partial charge in [-0.15, -0.1) is 0 Å². The molecule has 2 saturated heterocycles. The van der Waals surface area contributed by atoms with Gasteiger partial charge in [-0.2, -0.15) is 0 Å². The van der Waals surface area contributed by atoms with Crippen molar-refractivity contribution in [3.05, 3.63) is 11.6 Å². The quantitative estimate of drug-likeness (QED) is 0.575. The summed E-state index contributed by atoms with van der Waals surface area (Å²) in [6.45, 7) is 11.0. The molecule has 3 heterocycles. The maximum absolute atomic E-state index is 10.8. The van der Waals surface area contributed by atoms with Crippen LogP contribution in [0.1, 0.15) is 79.6 Å². The van der Waals surface area contributed by atoms with E-state index in [1.54, 1.807) is 0 Å². The van der Waals surface area contributed by atoms with E-state index in [0.717, 1.165) is 44.9 Å². The fraction of sp³-hybridized carbons (Fsp3) is 0.900. The van der Waals surface area contributed by atoms with Crippen molar-refractivity contribution in [2.24, 2.45) is 5.92 Å². The number of epoxide rings is 1. The van der Waals surface area contributed by atoms with Crippen LogP contribution in [0.5, 0.6) is 0 Å². The third-order valence-corrected chi connectivity index (χ3v) is 6.75. The van der Waals surface area contributed by atoms with Crippen molar-refractivity contribution in [3.63, 3.8) is 0 Å². The van der Waals surface area contributed by atoms with E-state index in [4.69, 9.17) is 9.47 Å². The van der Waals surface area contributed by atoms with E-state index >= 15 is 0 Å². The number of fused-ring (bicyclic) bond motifs is 3. The third-order valence-electron chi connectivity index (χ3n) is 6.75. The van der Waals surface area contributed by atoms with Gasteiger partial charge in [0.05, 0.1) is 29.0 Å². The second-order valence-corrected chi connectivity index (χ2v) is 8.90. The summed E-state index contributed by atoms with van der Waals surface area (Å²) in [5, 5.41) is 10.8. The average molecular weight is 322 g/mol. The summed E-state index contributed by atoms with van der Waals surface area (Å²) in [7, 11) is 0. The monoisotopic (exact) mass is 322 g/mol. The highest BCUT2D eigenvalue weighted by Gasteiger charge is 2.59. The van der Waals surface area contributed by atoms with E-state index in [1.807, 2.05) is 0 Å². The number of ether oxygens (including phenoxy) is 2. The lowest BCUT2D eigenvalue weighted by atomic mass is 9.80. The van der Waals surface area contributed by atoms with Crippen LogP contribution in [0.2, 0.25) is 0 Å². The van der Waals surface area contributed by atoms with Crippen molar-refractivity contribution in [2.75, 3.05) is 0 Å². The number of hydrogen-bond donors (Lipinski definition) is 1. The van der Waals surface area contributed by atoms with Crippen molar-refractivity contribution in [2.45, 2.75) is 109 Å². The second kappa shape index (κ2) is 5.86. The van der Waals surface area contributed by atoms with Gasteiger partial charge in [0, 0.05) is 6.42 Å². The molecule has 0 unspecified atom stereocenters. The van der Waals surface area contributed by atoms with Crippen molar-refractivity contribution >= 4 is 0 Å². The van der Waals surface area contributed by atoms with Gasteiger partial charge in [0.2, 0.25) is 0 Å².